The average molecular weight is 449 g/mol. The summed E-state index contributed by atoms with van der Waals surface area (Å²) in [6, 6.07) is 4.25. The van der Waals surface area contributed by atoms with E-state index in [1.54, 1.807) is 0 Å². The Morgan fingerprint density at radius 2 is 2.10 bits per heavy atom. The number of ether oxygens (including phenoxy) is 1. The highest BCUT2D eigenvalue weighted by atomic mass is 32.1. The van der Waals surface area contributed by atoms with Crippen LogP contribution in [-0.2, 0) is 11.3 Å². The number of amides is 1. The molecule has 2 atom stereocenters. The van der Waals surface area contributed by atoms with E-state index in [4.69, 9.17) is 4.74 Å². The Hall–Kier alpha value is -2.30. The summed E-state index contributed by atoms with van der Waals surface area (Å²) in [6.45, 7) is 8.75. The van der Waals surface area contributed by atoms with Crippen molar-refractivity contribution in [1.29, 1.82) is 0 Å². The molecule has 2 aromatic rings. The van der Waals surface area contributed by atoms with Crippen LogP contribution in [0.15, 0.2) is 18.3 Å². The predicted octanol–water partition coefficient (Wildman–Crippen LogP) is 2.43. The molecule has 2 aromatic heterocycles. The number of aromatic nitrogens is 2. The lowest BCUT2D eigenvalue weighted by Gasteiger charge is -2.33. The van der Waals surface area contributed by atoms with Gasteiger partial charge in [-0.05, 0) is 20.0 Å². The fourth-order valence-electron chi connectivity index (χ4n) is 4.04. The van der Waals surface area contributed by atoms with Crippen LogP contribution in [-0.4, -0.2) is 77.6 Å². The van der Waals surface area contributed by atoms with E-state index in [0.717, 1.165) is 38.3 Å². The number of carbonyl (C=O) groups excluding carboxylic acids is 1. The van der Waals surface area contributed by atoms with Crippen LogP contribution in [0.2, 0.25) is 0 Å². The van der Waals surface area contributed by atoms with Crippen molar-refractivity contribution < 1.29 is 13.9 Å². The molecule has 2 saturated heterocycles. The highest BCUT2D eigenvalue weighted by Crippen LogP contribution is 2.29. The van der Waals surface area contributed by atoms with Gasteiger partial charge in [-0.1, -0.05) is 11.3 Å². The van der Waals surface area contributed by atoms with E-state index in [1.807, 2.05) is 12.3 Å². The van der Waals surface area contributed by atoms with Crippen molar-refractivity contribution in [2.24, 2.45) is 0 Å². The summed E-state index contributed by atoms with van der Waals surface area (Å²) in [7, 11) is 2.14. The number of nitrogens with zero attached hydrogens (tertiary/aromatic N) is 5. The predicted molar refractivity (Wildman–Crippen MR) is 119 cm³/mol. The van der Waals surface area contributed by atoms with E-state index >= 15 is 0 Å². The van der Waals surface area contributed by atoms with Gasteiger partial charge in [0.15, 0.2) is 5.13 Å². The zero-order valence-corrected chi connectivity index (χ0v) is 19.0. The third kappa shape index (κ3) is 5.50. The molecule has 4 heterocycles. The van der Waals surface area contributed by atoms with E-state index in [2.05, 4.69) is 50.0 Å². The molecule has 10 heteroatoms. The van der Waals surface area contributed by atoms with E-state index in [-0.39, 0.29) is 18.1 Å². The van der Waals surface area contributed by atoms with Crippen molar-refractivity contribution in [3.63, 3.8) is 0 Å². The van der Waals surface area contributed by atoms with Gasteiger partial charge in [-0.3, -0.25) is 9.69 Å². The van der Waals surface area contributed by atoms with Crippen molar-refractivity contribution >= 4 is 28.1 Å². The van der Waals surface area contributed by atoms with Crippen LogP contribution < -0.4 is 15.0 Å². The van der Waals surface area contributed by atoms with Gasteiger partial charge in [0.1, 0.15) is 6.10 Å². The van der Waals surface area contributed by atoms with Crippen LogP contribution in [0.25, 0.3) is 0 Å². The maximum atomic E-state index is 14.2. The lowest BCUT2D eigenvalue weighted by molar-refractivity contribution is -0.114. The summed E-state index contributed by atoms with van der Waals surface area (Å²) < 4.78 is 20.3. The number of hydrogen-bond donors (Lipinski definition) is 1. The van der Waals surface area contributed by atoms with Gasteiger partial charge in [0.05, 0.1) is 16.8 Å². The van der Waals surface area contributed by atoms with Crippen LogP contribution in [0.4, 0.5) is 15.2 Å². The molecule has 0 unspecified atom stereocenters. The Bertz CT molecular complexity index is 900. The summed E-state index contributed by atoms with van der Waals surface area (Å²) in [5, 5.41) is 2.84. The number of piperazine rings is 1. The first-order valence-electron chi connectivity index (χ1n) is 10.6. The number of nitrogens with one attached hydrogen (secondary N) is 1. The van der Waals surface area contributed by atoms with Crippen molar-refractivity contribution in [1.82, 2.24) is 19.8 Å². The summed E-state index contributed by atoms with van der Waals surface area (Å²) in [5.41, 5.74) is 1.12. The van der Waals surface area contributed by atoms with Gasteiger partial charge in [-0.2, -0.15) is 9.37 Å². The second kappa shape index (κ2) is 9.46. The molecular formula is C21H29FN6O2S. The third-order valence-electron chi connectivity index (χ3n) is 5.82. The molecule has 168 valence electrons. The average Bonchev–Trinajstić information content (AvgIpc) is 3.24. The molecule has 4 rings (SSSR count). The van der Waals surface area contributed by atoms with E-state index in [0.29, 0.717) is 29.0 Å². The second-order valence-electron chi connectivity index (χ2n) is 8.31. The van der Waals surface area contributed by atoms with Crippen LogP contribution in [0.3, 0.4) is 0 Å². The standard InChI is InChI=1S/C21H29FN6O2S/c1-14-10-17(12-28(14)13-18-20(22)25-21(31-18)24-15(2)29)30-19-5-4-16(11-23-19)27-8-6-26(3)7-9-27/h4-5,11,14,17H,6-10,12-13H2,1-3H3,(H,24,25,29)/t14-,17+/m0/s1. The number of halogens is 1. The molecule has 2 aliphatic rings. The maximum absolute atomic E-state index is 14.2. The van der Waals surface area contributed by atoms with Gasteiger partial charge in [0.25, 0.3) is 0 Å². The minimum absolute atomic E-state index is 0.00258. The fraction of sp³-hybridized carbons (Fsp3) is 0.571. The molecule has 0 spiro atoms. The first kappa shape index (κ1) is 21.9. The highest BCUT2D eigenvalue weighted by molar-refractivity contribution is 7.15. The van der Waals surface area contributed by atoms with Gasteiger partial charge < -0.3 is 19.9 Å². The number of likely N-dealkylation sites (N-methyl/N-ethyl adjacent to an activating group) is 1. The molecule has 2 fully saturated rings. The van der Waals surface area contributed by atoms with Crippen molar-refractivity contribution in [2.45, 2.75) is 39.0 Å². The lowest BCUT2D eigenvalue weighted by atomic mass is 10.2. The number of pyridine rings is 1. The van der Waals surface area contributed by atoms with Crippen molar-refractivity contribution in [3.05, 3.63) is 29.2 Å². The van der Waals surface area contributed by atoms with Crippen LogP contribution in [0.5, 0.6) is 5.88 Å². The van der Waals surface area contributed by atoms with Gasteiger partial charge in [0.2, 0.25) is 17.7 Å². The smallest absolute Gasteiger partial charge is 0.230 e. The van der Waals surface area contributed by atoms with Gasteiger partial charge in [-0.15, -0.1) is 0 Å². The number of rotatable bonds is 6. The minimum Gasteiger partial charge on any atom is -0.473 e. The Kier molecular flexibility index (Phi) is 6.68. The number of carbonyl (C=O) groups is 1. The molecule has 0 aromatic carbocycles. The summed E-state index contributed by atoms with van der Waals surface area (Å²) in [6.07, 6.45) is 2.73. The Balaban J connectivity index is 1.32. The monoisotopic (exact) mass is 448 g/mol. The largest absolute Gasteiger partial charge is 0.473 e. The molecular weight excluding hydrogens is 419 g/mol. The number of hydrogen-bond acceptors (Lipinski definition) is 8. The van der Waals surface area contributed by atoms with E-state index in [9.17, 15) is 9.18 Å². The molecule has 1 N–H and O–H groups in total. The van der Waals surface area contributed by atoms with E-state index in [1.165, 1.54) is 18.3 Å². The van der Waals surface area contributed by atoms with Crippen LogP contribution in [0.1, 0.15) is 25.1 Å². The number of likely N-dealkylation sites (tertiary alicyclic amines) is 1. The van der Waals surface area contributed by atoms with Crippen LogP contribution >= 0.6 is 11.3 Å². The minimum atomic E-state index is -0.522. The van der Waals surface area contributed by atoms with Crippen LogP contribution in [0, 0.1) is 5.95 Å². The number of thiazole rings is 1. The second-order valence-corrected chi connectivity index (χ2v) is 9.40. The fourth-order valence-corrected chi connectivity index (χ4v) is 4.95. The summed E-state index contributed by atoms with van der Waals surface area (Å²) in [4.78, 5) is 26.8. The number of anilines is 2. The molecule has 0 bridgehead atoms. The molecule has 2 aliphatic heterocycles. The van der Waals surface area contributed by atoms with E-state index < -0.39 is 5.95 Å². The lowest BCUT2D eigenvalue weighted by Crippen LogP contribution is -2.44. The molecule has 1 amide bonds. The Morgan fingerprint density at radius 3 is 2.77 bits per heavy atom. The van der Waals surface area contributed by atoms with Gasteiger partial charge in [0, 0.05) is 64.7 Å². The molecule has 0 aliphatic carbocycles. The summed E-state index contributed by atoms with van der Waals surface area (Å²) >= 11 is 1.18. The molecule has 31 heavy (non-hydrogen) atoms. The third-order valence-corrected chi connectivity index (χ3v) is 6.75. The first-order chi connectivity index (χ1) is 14.9. The maximum Gasteiger partial charge on any atom is 0.230 e. The summed E-state index contributed by atoms with van der Waals surface area (Å²) in [5.74, 6) is -0.158. The first-order valence-corrected chi connectivity index (χ1v) is 11.4. The zero-order valence-electron chi connectivity index (χ0n) is 18.2. The van der Waals surface area contributed by atoms with Gasteiger partial charge >= 0.3 is 0 Å². The zero-order chi connectivity index (χ0) is 22.0. The SMILES string of the molecule is CC(=O)Nc1nc(F)c(CN2C[C@H](Oc3ccc(N4CCN(C)CC4)cn3)C[C@@H]2C)s1. The Labute approximate surface area is 186 Å². The quantitative estimate of drug-likeness (QED) is 0.728. The molecule has 8 nitrogen and oxygen atoms in total. The van der Waals surface area contributed by atoms with Crippen molar-refractivity contribution in [2.75, 3.05) is 50.0 Å². The van der Waals surface area contributed by atoms with Gasteiger partial charge in [-0.25, -0.2) is 4.98 Å². The highest BCUT2D eigenvalue weighted by Gasteiger charge is 2.32. The molecule has 0 saturated carbocycles. The normalized spacial score (nSPS) is 22.6. The molecule has 0 radical (unpaired) electrons. The topological polar surface area (TPSA) is 73.8 Å². The van der Waals surface area contributed by atoms with Crippen molar-refractivity contribution in [3.8, 4) is 5.88 Å². The Morgan fingerprint density at radius 1 is 1.32 bits per heavy atom.